The molecule has 0 spiro atoms. The van der Waals surface area contributed by atoms with Crippen LogP contribution in [0.3, 0.4) is 0 Å². The van der Waals surface area contributed by atoms with Gasteiger partial charge in [-0.05, 0) is 13.0 Å². The van der Waals surface area contributed by atoms with Crippen LogP contribution in [0.1, 0.15) is 6.92 Å². The molecule has 0 aromatic heterocycles. The highest BCUT2D eigenvalue weighted by atomic mass is 19.4. The highest BCUT2D eigenvalue weighted by Gasteiger charge is 2.71. The molecular formula is C10H5F15. The van der Waals surface area contributed by atoms with Crippen molar-refractivity contribution in [2.45, 2.75) is 37.3 Å². The lowest BCUT2D eigenvalue weighted by Gasteiger charge is -2.26. The third kappa shape index (κ3) is 7.05. The lowest BCUT2D eigenvalue weighted by molar-refractivity contribution is -0.322. The van der Waals surface area contributed by atoms with Crippen molar-refractivity contribution in [1.29, 1.82) is 0 Å². The van der Waals surface area contributed by atoms with Crippen molar-refractivity contribution in [3.63, 3.8) is 0 Å². The quantitative estimate of drug-likeness (QED) is 0.425. The molecule has 0 nitrogen and oxygen atoms in total. The van der Waals surface area contributed by atoms with E-state index in [1.165, 1.54) is 0 Å². The predicted molar refractivity (Wildman–Crippen MR) is 52.1 cm³/mol. The minimum Gasteiger partial charge on any atom is -0.219 e. The van der Waals surface area contributed by atoms with Gasteiger partial charge >= 0.3 is 30.4 Å². The molecule has 0 aliphatic heterocycles. The van der Waals surface area contributed by atoms with E-state index in [2.05, 4.69) is 0 Å². The first-order valence-electron chi connectivity index (χ1n) is 5.24. The maximum absolute atomic E-state index is 12.2. The summed E-state index contributed by atoms with van der Waals surface area (Å²) in [4.78, 5) is 0. The van der Waals surface area contributed by atoms with Crippen molar-refractivity contribution >= 4 is 0 Å². The van der Waals surface area contributed by atoms with Gasteiger partial charge in [0.2, 0.25) is 0 Å². The zero-order chi connectivity index (χ0) is 21.1. The minimum atomic E-state index is -6.23. The number of rotatable bonds is 1. The maximum atomic E-state index is 12.2. The fourth-order valence-electron chi connectivity index (χ4n) is 0.988. The molecule has 0 amide bonds. The van der Waals surface area contributed by atoms with E-state index >= 15 is 0 Å². The third-order valence-electron chi connectivity index (χ3n) is 2.03. The molecule has 0 aromatic carbocycles. The molecule has 0 aliphatic rings. The topological polar surface area (TPSA) is 0 Å². The van der Waals surface area contributed by atoms with Gasteiger partial charge in [0.25, 0.3) is 0 Å². The van der Waals surface area contributed by atoms with E-state index in [9.17, 15) is 65.9 Å². The average Bonchev–Trinajstić information content (AvgIpc) is 2.21. The zero-order valence-corrected chi connectivity index (χ0v) is 11.3. The van der Waals surface area contributed by atoms with E-state index in [0.29, 0.717) is 0 Å². The van der Waals surface area contributed by atoms with E-state index in [-0.39, 0.29) is 6.92 Å². The Labute approximate surface area is 128 Å². The van der Waals surface area contributed by atoms with Crippen LogP contribution in [0.25, 0.3) is 0 Å². The summed E-state index contributed by atoms with van der Waals surface area (Å²) in [6.45, 7) is 0.107. The van der Waals surface area contributed by atoms with Gasteiger partial charge in [0.05, 0.1) is 6.33 Å². The Kier molecular flexibility index (Phi) is 7.97. The number of hydrogen-bond donors (Lipinski definition) is 0. The molecular weight excluding hydrogens is 405 g/mol. The molecule has 0 aliphatic carbocycles. The summed E-state index contributed by atoms with van der Waals surface area (Å²) in [5.41, 5.74) is -8.72. The summed E-state index contributed by atoms with van der Waals surface area (Å²) < 4.78 is 173. The largest absolute Gasteiger partial charge is 0.435 e. The fraction of sp³-hybridized carbons (Fsp3) is 0.600. The van der Waals surface area contributed by atoms with Crippen LogP contribution < -0.4 is 0 Å². The van der Waals surface area contributed by atoms with Gasteiger partial charge < -0.3 is 0 Å². The van der Waals surface area contributed by atoms with Crippen molar-refractivity contribution in [2.75, 3.05) is 0 Å². The van der Waals surface area contributed by atoms with Crippen molar-refractivity contribution in [3.05, 3.63) is 23.8 Å². The number of allylic oxidation sites excluding steroid dienone is 3. The van der Waals surface area contributed by atoms with Gasteiger partial charge in [-0.25, -0.2) is 13.2 Å². The predicted octanol–water partition coefficient (Wildman–Crippen LogP) is 6.66. The number of hydrogen-bond acceptors (Lipinski definition) is 0. The van der Waals surface area contributed by atoms with E-state index in [0.717, 1.165) is 0 Å². The van der Waals surface area contributed by atoms with Crippen LogP contribution in [0.2, 0.25) is 0 Å². The van der Waals surface area contributed by atoms with E-state index in [1.807, 2.05) is 0 Å². The molecule has 0 saturated carbocycles. The van der Waals surface area contributed by atoms with E-state index < -0.39 is 54.2 Å². The van der Waals surface area contributed by atoms with Crippen LogP contribution in [-0.2, 0) is 0 Å². The lowest BCUT2D eigenvalue weighted by Crippen LogP contribution is -2.51. The summed E-state index contributed by atoms with van der Waals surface area (Å²) in [6.07, 6.45) is -26.2. The second kappa shape index (κ2) is 7.76. The summed E-state index contributed by atoms with van der Waals surface area (Å²) in [7, 11) is 0. The fourth-order valence-corrected chi connectivity index (χ4v) is 0.988. The Morgan fingerprint density at radius 1 is 0.640 bits per heavy atom. The first-order valence-corrected chi connectivity index (χ1v) is 5.24. The second-order valence-electron chi connectivity index (χ2n) is 3.90. The molecule has 0 bridgehead atoms. The molecule has 15 heteroatoms. The molecule has 0 unspecified atom stereocenters. The first kappa shape index (κ1) is 25.7. The summed E-state index contributed by atoms with van der Waals surface area (Å²) in [5.74, 6) is -2.28. The Morgan fingerprint density at radius 3 is 0.960 bits per heavy atom. The van der Waals surface area contributed by atoms with Crippen molar-refractivity contribution in [3.8, 4) is 0 Å². The SMILES string of the molecule is CC(F)=C(C(F)(F)F)C(F)(F)F.F/C=C\C(F)(C(F)(F)F)C(F)(F)F. The molecule has 150 valence electrons. The molecule has 0 N–H and O–H groups in total. The normalized spacial score (nSPS) is 14.2. The van der Waals surface area contributed by atoms with Gasteiger partial charge in [-0.3, -0.25) is 0 Å². The molecule has 0 aromatic rings. The molecule has 0 rings (SSSR count). The van der Waals surface area contributed by atoms with Crippen molar-refractivity contribution in [1.82, 2.24) is 0 Å². The van der Waals surface area contributed by atoms with E-state index in [1.54, 1.807) is 0 Å². The molecule has 0 saturated heterocycles. The smallest absolute Gasteiger partial charge is 0.219 e. The van der Waals surface area contributed by atoms with Gasteiger partial charge in [0.15, 0.2) is 5.57 Å². The van der Waals surface area contributed by atoms with Gasteiger partial charge in [-0.2, -0.15) is 52.7 Å². The molecule has 0 fully saturated rings. The molecule has 0 radical (unpaired) electrons. The van der Waals surface area contributed by atoms with Crippen LogP contribution in [-0.4, -0.2) is 30.4 Å². The van der Waals surface area contributed by atoms with Crippen LogP contribution >= 0.6 is 0 Å². The summed E-state index contributed by atoms with van der Waals surface area (Å²) in [5, 5.41) is 0. The third-order valence-corrected chi connectivity index (χ3v) is 2.03. The standard InChI is InChI=1S/C5H2F8.C5H3F7/c6-2-1-3(7,4(8,9)10)5(11,12)13;1-2(6)3(4(7,8)9)5(10,11)12/h1-2H;1H3/b2-1-;. The summed E-state index contributed by atoms with van der Waals surface area (Å²) >= 11 is 0. The average molecular weight is 410 g/mol. The first-order chi connectivity index (χ1) is 10.6. The number of alkyl halides is 13. The molecule has 25 heavy (non-hydrogen) atoms. The van der Waals surface area contributed by atoms with Gasteiger partial charge in [0.1, 0.15) is 5.83 Å². The Hall–Kier alpha value is -1.57. The Bertz CT molecular complexity index is 446. The van der Waals surface area contributed by atoms with E-state index in [4.69, 9.17) is 0 Å². The highest BCUT2D eigenvalue weighted by Crippen LogP contribution is 2.47. The molecule has 0 atom stereocenters. The molecule has 0 heterocycles. The minimum absolute atomic E-state index is 0.107. The van der Waals surface area contributed by atoms with Crippen LogP contribution in [0.4, 0.5) is 65.9 Å². The Balaban J connectivity index is 0. The van der Waals surface area contributed by atoms with Crippen molar-refractivity contribution < 1.29 is 65.9 Å². The monoisotopic (exact) mass is 410 g/mol. The van der Waals surface area contributed by atoms with Crippen molar-refractivity contribution in [2.24, 2.45) is 0 Å². The number of halogens is 15. The second-order valence-corrected chi connectivity index (χ2v) is 3.90. The van der Waals surface area contributed by atoms with Crippen LogP contribution in [0.5, 0.6) is 0 Å². The van der Waals surface area contributed by atoms with Crippen LogP contribution in [0.15, 0.2) is 23.8 Å². The summed E-state index contributed by atoms with van der Waals surface area (Å²) in [6, 6.07) is 0. The maximum Gasteiger partial charge on any atom is 0.435 e. The highest BCUT2D eigenvalue weighted by molar-refractivity contribution is 5.18. The van der Waals surface area contributed by atoms with Crippen LogP contribution in [0, 0.1) is 0 Å². The van der Waals surface area contributed by atoms with Gasteiger partial charge in [-0.15, -0.1) is 0 Å². The zero-order valence-electron chi connectivity index (χ0n) is 11.3. The van der Waals surface area contributed by atoms with Gasteiger partial charge in [0, 0.05) is 0 Å². The lowest BCUT2D eigenvalue weighted by atomic mass is 10.1. The Morgan fingerprint density at radius 2 is 0.920 bits per heavy atom. The van der Waals surface area contributed by atoms with Gasteiger partial charge in [-0.1, -0.05) is 0 Å².